The highest BCUT2D eigenvalue weighted by Gasteiger charge is 2.34. The number of amides is 1. The van der Waals surface area contributed by atoms with Gasteiger partial charge in [0.15, 0.2) is 0 Å². The zero-order chi connectivity index (χ0) is 18.5. The first-order valence-electron chi connectivity index (χ1n) is 9.38. The Labute approximate surface area is 156 Å². The van der Waals surface area contributed by atoms with Gasteiger partial charge in [0.25, 0.3) is 0 Å². The van der Waals surface area contributed by atoms with E-state index in [9.17, 15) is 4.79 Å². The molecule has 1 saturated heterocycles. The van der Waals surface area contributed by atoms with Crippen LogP contribution < -0.4 is 5.73 Å². The van der Waals surface area contributed by atoms with E-state index in [0.717, 1.165) is 18.7 Å². The molecule has 1 aliphatic rings. The highest BCUT2D eigenvalue weighted by atomic mass is 16.2. The molecular weight excluding hydrogens is 322 g/mol. The third-order valence-electron chi connectivity index (χ3n) is 5.66. The average Bonchev–Trinajstić information content (AvgIpc) is 3.11. The average molecular weight is 351 g/mol. The maximum Gasteiger partial charge on any atom is 0.236 e. The first kappa shape index (κ1) is 18.6. The van der Waals surface area contributed by atoms with E-state index in [-0.39, 0.29) is 11.9 Å². The number of nitrogens with two attached hydrogens (primary N) is 1. The van der Waals surface area contributed by atoms with Gasteiger partial charge in [-0.25, -0.2) is 0 Å². The van der Waals surface area contributed by atoms with Crippen molar-refractivity contribution < 1.29 is 4.79 Å². The normalized spacial score (nSPS) is 21.5. The quantitative estimate of drug-likeness (QED) is 0.871. The molecule has 26 heavy (non-hydrogen) atoms. The predicted octanol–water partition coefficient (Wildman–Crippen LogP) is 2.88. The molecule has 0 radical (unpaired) electrons. The molecule has 0 bridgehead atoms. The minimum Gasteiger partial charge on any atom is -0.338 e. The van der Waals surface area contributed by atoms with Crippen molar-refractivity contribution in [2.24, 2.45) is 11.7 Å². The van der Waals surface area contributed by atoms with Crippen LogP contribution in [0.4, 0.5) is 0 Å². The van der Waals surface area contributed by atoms with E-state index in [1.165, 1.54) is 5.56 Å². The molecule has 0 aromatic heterocycles. The standard InChI is InChI=1S/C22H29N3O/c1-17(18-9-5-3-6-10-18)24(2)22(26)16-25-14-20(13-23)21(15-25)19-11-7-4-8-12-19/h3-12,17,20-21H,13-16,23H2,1-2H3/t17?,20-,21+/m1/s1. The van der Waals surface area contributed by atoms with Crippen LogP contribution in [0.15, 0.2) is 60.7 Å². The van der Waals surface area contributed by atoms with E-state index < -0.39 is 0 Å². The molecule has 3 atom stereocenters. The third-order valence-corrected chi connectivity index (χ3v) is 5.66. The molecule has 4 nitrogen and oxygen atoms in total. The molecular formula is C22H29N3O. The van der Waals surface area contributed by atoms with Gasteiger partial charge in [0.1, 0.15) is 0 Å². The molecule has 0 spiro atoms. The first-order valence-corrected chi connectivity index (χ1v) is 9.38. The van der Waals surface area contributed by atoms with Gasteiger partial charge in [-0.15, -0.1) is 0 Å². The summed E-state index contributed by atoms with van der Waals surface area (Å²) in [7, 11) is 1.89. The van der Waals surface area contributed by atoms with Gasteiger partial charge in [-0.2, -0.15) is 0 Å². The largest absolute Gasteiger partial charge is 0.338 e. The van der Waals surface area contributed by atoms with Crippen LogP contribution in [0.1, 0.15) is 30.0 Å². The Bertz CT molecular complexity index is 704. The van der Waals surface area contributed by atoms with Crippen LogP contribution >= 0.6 is 0 Å². The van der Waals surface area contributed by atoms with Crippen LogP contribution in [-0.2, 0) is 4.79 Å². The highest BCUT2D eigenvalue weighted by molar-refractivity contribution is 5.78. The lowest BCUT2D eigenvalue weighted by molar-refractivity contribution is -0.132. The van der Waals surface area contributed by atoms with Gasteiger partial charge in [-0.05, 0) is 30.5 Å². The van der Waals surface area contributed by atoms with Crippen molar-refractivity contribution in [1.82, 2.24) is 9.80 Å². The Morgan fingerprint density at radius 3 is 2.35 bits per heavy atom. The van der Waals surface area contributed by atoms with Crippen LogP contribution in [-0.4, -0.2) is 48.9 Å². The fourth-order valence-electron chi connectivity index (χ4n) is 3.88. The molecule has 1 amide bonds. The van der Waals surface area contributed by atoms with Crippen molar-refractivity contribution in [1.29, 1.82) is 0 Å². The molecule has 1 unspecified atom stereocenters. The summed E-state index contributed by atoms with van der Waals surface area (Å²) in [4.78, 5) is 16.9. The minimum absolute atomic E-state index is 0.0709. The van der Waals surface area contributed by atoms with Crippen LogP contribution in [0.25, 0.3) is 0 Å². The Balaban J connectivity index is 1.62. The number of nitrogens with zero attached hydrogens (tertiary/aromatic N) is 2. The molecule has 0 saturated carbocycles. The Hall–Kier alpha value is -2.17. The van der Waals surface area contributed by atoms with E-state index in [2.05, 4.69) is 48.2 Å². The number of carbonyl (C=O) groups is 1. The Kier molecular flexibility index (Phi) is 6.07. The van der Waals surface area contributed by atoms with Gasteiger partial charge in [0.2, 0.25) is 5.91 Å². The maximum atomic E-state index is 12.8. The fraction of sp³-hybridized carbons (Fsp3) is 0.409. The fourth-order valence-corrected chi connectivity index (χ4v) is 3.88. The lowest BCUT2D eigenvalue weighted by atomic mass is 9.89. The lowest BCUT2D eigenvalue weighted by Crippen LogP contribution is -2.39. The molecule has 2 aromatic carbocycles. The van der Waals surface area contributed by atoms with Gasteiger partial charge >= 0.3 is 0 Å². The van der Waals surface area contributed by atoms with Gasteiger partial charge in [-0.1, -0.05) is 60.7 Å². The number of rotatable bonds is 6. The smallest absolute Gasteiger partial charge is 0.236 e. The zero-order valence-corrected chi connectivity index (χ0v) is 15.7. The minimum atomic E-state index is 0.0709. The molecule has 0 aliphatic carbocycles. The van der Waals surface area contributed by atoms with Gasteiger partial charge < -0.3 is 10.6 Å². The Morgan fingerprint density at radius 2 is 1.73 bits per heavy atom. The number of carbonyl (C=O) groups excluding carboxylic acids is 1. The van der Waals surface area contributed by atoms with Crippen LogP contribution in [0.3, 0.4) is 0 Å². The molecule has 1 aliphatic heterocycles. The summed E-state index contributed by atoms with van der Waals surface area (Å²) < 4.78 is 0. The second-order valence-corrected chi connectivity index (χ2v) is 7.30. The molecule has 138 valence electrons. The van der Waals surface area contributed by atoms with Crippen LogP contribution in [0.5, 0.6) is 0 Å². The van der Waals surface area contributed by atoms with Crippen molar-refractivity contribution in [3.63, 3.8) is 0 Å². The predicted molar refractivity (Wildman–Crippen MR) is 106 cm³/mol. The molecule has 1 fully saturated rings. The molecule has 2 N–H and O–H groups in total. The maximum absolute atomic E-state index is 12.8. The van der Waals surface area contributed by atoms with E-state index in [4.69, 9.17) is 5.73 Å². The number of benzene rings is 2. The second-order valence-electron chi connectivity index (χ2n) is 7.30. The van der Waals surface area contributed by atoms with Crippen LogP contribution in [0, 0.1) is 5.92 Å². The van der Waals surface area contributed by atoms with Crippen molar-refractivity contribution in [3.05, 3.63) is 71.8 Å². The van der Waals surface area contributed by atoms with Crippen molar-refractivity contribution in [2.75, 3.05) is 33.2 Å². The zero-order valence-electron chi connectivity index (χ0n) is 15.7. The summed E-state index contributed by atoms with van der Waals surface area (Å²) in [6.07, 6.45) is 0. The lowest BCUT2D eigenvalue weighted by Gasteiger charge is -2.27. The molecule has 1 heterocycles. The second kappa shape index (κ2) is 8.47. The van der Waals surface area contributed by atoms with E-state index in [1.54, 1.807) is 0 Å². The third kappa shape index (κ3) is 4.14. The van der Waals surface area contributed by atoms with Crippen molar-refractivity contribution in [3.8, 4) is 0 Å². The summed E-state index contributed by atoms with van der Waals surface area (Å²) in [5.41, 5.74) is 8.50. The molecule has 4 heteroatoms. The summed E-state index contributed by atoms with van der Waals surface area (Å²) >= 11 is 0. The Morgan fingerprint density at radius 1 is 1.12 bits per heavy atom. The monoisotopic (exact) mass is 351 g/mol. The highest BCUT2D eigenvalue weighted by Crippen LogP contribution is 2.32. The number of hydrogen-bond donors (Lipinski definition) is 1. The number of hydrogen-bond acceptors (Lipinski definition) is 3. The van der Waals surface area contributed by atoms with E-state index in [1.807, 2.05) is 36.2 Å². The first-order chi connectivity index (χ1) is 12.6. The van der Waals surface area contributed by atoms with Crippen molar-refractivity contribution in [2.45, 2.75) is 18.9 Å². The number of likely N-dealkylation sites (tertiary alicyclic amines) is 1. The molecule has 2 aromatic rings. The van der Waals surface area contributed by atoms with Gasteiger partial charge in [-0.3, -0.25) is 9.69 Å². The summed E-state index contributed by atoms with van der Waals surface area (Å²) in [6.45, 7) is 4.96. The van der Waals surface area contributed by atoms with Crippen molar-refractivity contribution >= 4 is 5.91 Å². The van der Waals surface area contributed by atoms with Gasteiger partial charge in [0.05, 0.1) is 12.6 Å². The van der Waals surface area contributed by atoms with Crippen LogP contribution in [0.2, 0.25) is 0 Å². The summed E-state index contributed by atoms with van der Waals surface area (Å²) in [5, 5.41) is 0. The number of likely N-dealkylation sites (N-methyl/N-ethyl adjacent to an activating group) is 1. The van der Waals surface area contributed by atoms with E-state index in [0.29, 0.717) is 24.9 Å². The molecule has 3 rings (SSSR count). The van der Waals surface area contributed by atoms with E-state index >= 15 is 0 Å². The SMILES string of the molecule is CC(c1ccccc1)N(C)C(=O)CN1C[C@@H](CN)[C@H](c2ccccc2)C1. The summed E-state index contributed by atoms with van der Waals surface area (Å²) in [6, 6.07) is 20.8. The van der Waals surface area contributed by atoms with Gasteiger partial charge in [0, 0.05) is 26.1 Å². The summed E-state index contributed by atoms with van der Waals surface area (Å²) in [5.74, 6) is 0.971. The topological polar surface area (TPSA) is 49.6 Å².